The van der Waals surface area contributed by atoms with Gasteiger partial charge in [-0.15, -0.1) is 11.6 Å². The first kappa shape index (κ1) is 11.8. The smallest absolute Gasteiger partial charge is 0.226 e. The summed E-state index contributed by atoms with van der Waals surface area (Å²) in [4.78, 5) is 14.7. The highest BCUT2D eigenvalue weighted by Gasteiger charge is 2.57. The average Bonchev–Trinajstić information content (AvgIpc) is 2.82. The van der Waals surface area contributed by atoms with Gasteiger partial charge in [0.15, 0.2) is 0 Å². The second-order valence-electron chi connectivity index (χ2n) is 5.94. The number of hydrogen-bond donors (Lipinski definition) is 0. The Kier molecular flexibility index (Phi) is 3.34. The Bertz CT molecular complexity index is 295. The van der Waals surface area contributed by atoms with Crippen LogP contribution >= 0.6 is 11.6 Å². The number of carbonyl (C=O) groups excluding carboxylic acids is 1. The zero-order valence-electron chi connectivity index (χ0n) is 10.4. The Labute approximate surface area is 109 Å². The van der Waals surface area contributed by atoms with E-state index < -0.39 is 0 Å². The molecular weight excluding hydrogens is 234 g/mol. The van der Waals surface area contributed by atoms with Gasteiger partial charge in [-0.25, -0.2) is 0 Å². The van der Waals surface area contributed by atoms with Crippen LogP contribution in [-0.2, 0) is 4.79 Å². The number of hydrogen-bond acceptors (Lipinski definition) is 1. The van der Waals surface area contributed by atoms with Crippen molar-refractivity contribution < 1.29 is 4.79 Å². The van der Waals surface area contributed by atoms with Crippen LogP contribution in [0.1, 0.15) is 44.9 Å². The molecule has 0 aromatic carbocycles. The zero-order chi connectivity index (χ0) is 11.8. The number of nitrogens with zero attached hydrogens (tertiary/aromatic N) is 1. The molecule has 2 saturated carbocycles. The third-order valence-corrected chi connectivity index (χ3v) is 5.26. The van der Waals surface area contributed by atoms with Gasteiger partial charge in [0.25, 0.3) is 0 Å². The van der Waals surface area contributed by atoms with Crippen molar-refractivity contribution in [2.45, 2.75) is 51.0 Å². The summed E-state index contributed by atoms with van der Waals surface area (Å²) in [5.41, 5.74) is 0. The van der Waals surface area contributed by atoms with Crippen molar-refractivity contribution in [3.63, 3.8) is 0 Å². The van der Waals surface area contributed by atoms with E-state index >= 15 is 0 Å². The van der Waals surface area contributed by atoms with Crippen LogP contribution in [0.25, 0.3) is 0 Å². The third-order valence-electron chi connectivity index (χ3n) is 5.04. The van der Waals surface area contributed by atoms with Gasteiger partial charge in [0.2, 0.25) is 5.91 Å². The second kappa shape index (κ2) is 4.79. The molecular formula is C14H22ClNO. The van der Waals surface area contributed by atoms with Gasteiger partial charge < -0.3 is 4.90 Å². The highest BCUT2D eigenvalue weighted by Crippen LogP contribution is 2.58. The number of alkyl halides is 1. The Balaban J connectivity index is 1.63. The SMILES string of the molecule is O=C(C1C2CCCC21)N1CCCCC1CCCl. The van der Waals surface area contributed by atoms with Crippen LogP contribution < -0.4 is 0 Å². The van der Waals surface area contributed by atoms with E-state index in [4.69, 9.17) is 11.6 Å². The van der Waals surface area contributed by atoms with Crippen molar-refractivity contribution in [1.82, 2.24) is 4.90 Å². The topological polar surface area (TPSA) is 20.3 Å². The van der Waals surface area contributed by atoms with Gasteiger partial charge >= 0.3 is 0 Å². The summed E-state index contributed by atoms with van der Waals surface area (Å²) >= 11 is 5.86. The lowest BCUT2D eigenvalue weighted by atomic mass is 9.98. The van der Waals surface area contributed by atoms with E-state index in [2.05, 4.69) is 4.90 Å². The van der Waals surface area contributed by atoms with E-state index in [-0.39, 0.29) is 0 Å². The summed E-state index contributed by atoms with van der Waals surface area (Å²) in [5.74, 6) is 3.06. The lowest BCUT2D eigenvalue weighted by Crippen LogP contribution is -2.45. The quantitative estimate of drug-likeness (QED) is 0.710. The van der Waals surface area contributed by atoms with Gasteiger partial charge in [0, 0.05) is 24.4 Å². The maximum absolute atomic E-state index is 12.5. The summed E-state index contributed by atoms with van der Waals surface area (Å²) in [6.45, 7) is 0.982. The molecule has 0 N–H and O–H groups in total. The van der Waals surface area contributed by atoms with E-state index in [0.717, 1.165) is 24.8 Å². The molecule has 17 heavy (non-hydrogen) atoms. The first-order valence-electron chi connectivity index (χ1n) is 7.19. The molecule has 2 aliphatic carbocycles. The predicted octanol–water partition coefficient (Wildman–Crippen LogP) is 3.04. The molecule has 0 aromatic rings. The fourth-order valence-electron chi connectivity index (χ4n) is 4.10. The molecule has 3 atom stereocenters. The first-order valence-corrected chi connectivity index (χ1v) is 7.73. The van der Waals surface area contributed by atoms with E-state index in [0.29, 0.717) is 23.7 Å². The molecule has 96 valence electrons. The Hall–Kier alpha value is -0.240. The minimum Gasteiger partial charge on any atom is -0.339 e. The number of carbonyl (C=O) groups is 1. The van der Waals surface area contributed by atoms with Crippen molar-refractivity contribution in [1.29, 1.82) is 0 Å². The van der Waals surface area contributed by atoms with Crippen molar-refractivity contribution >= 4 is 17.5 Å². The lowest BCUT2D eigenvalue weighted by Gasteiger charge is -2.36. The monoisotopic (exact) mass is 255 g/mol. The van der Waals surface area contributed by atoms with Crippen LogP contribution in [0.3, 0.4) is 0 Å². The van der Waals surface area contributed by atoms with Crippen LogP contribution in [0.2, 0.25) is 0 Å². The number of rotatable bonds is 3. The van der Waals surface area contributed by atoms with Crippen molar-refractivity contribution in [2.24, 2.45) is 17.8 Å². The standard InChI is InChI=1S/C14H22ClNO/c15-8-7-10-4-1-2-9-16(10)14(17)13-11-5-3-6-12(11)13/h10-13H,1-9H2. The Morgan fingerprint density at radius 2 is 1.88 bits per heavy atom. The van der Waals surface area contributed by atoms with Gasteiger partial charge in [0.05, 0.1) is 0 Å². The van der Waals surface area contributed by atoms with Gasteiger partial charge in [-0.2, -0.15) is 0 Å². The summed E-state index contributed by atoms with van der Waals surface area (Å²) in [6, 6.07) is 0.440. The molecule has 3 unspecified atom stereocenters. The molecule has 1 saturated heterocycles. The number of amides is 1. The van der Waals surface area contributed by atoms with E-state index in [1.165, 1.54) is 38.5 Å². The molecule has 0 bridgehead atoms. The highest BCUT2D eigenvalue weighted by molar-refractivity contribution is 6.17. The minimum atomic E-state index is 0.402. The fourth-order valence-corrected chi connectivity index (χ4v) is 4.35. The molecule has 3 aliphatic rings. The molecule has 0 spiro atoms. The molecule has 3 fully saturated rings. The molecule has 0 aromatic heterocycles. The second-order valence-corrected chi connectivity index (χ2v) is 6.32. The zero-order valence-corrected chi connectivity index (χ0v) is 11.2. The summed E-state index contributed by atoms with van der Waals surface area (Å²) in [5, 5.41) is 0. The number of piperidine rings is 1. The molecule has 3 heteroatoms. The van der Waals surface area contributed by atoms with Gasteiger partial charge in [0.1, 0.15) is 0 Å². The molecule has 0 radical (unpaired) electrons. The van der Waals surface area contributed by atoms with E-state index in [9.17, 15) is 4.79 Å². The van der Waals surface area contributed by atoms with Crippen molar-refractivity contribution in [2.75, 3.05) is 12.4 Å². The number of likely N-dealkylation sites (tertiary alicyclic amines) is 1. The Morgan fingerprint density at radius 3 is 2.59 bits per heavy atom. The van der Waals surface area contributed by atoms with Crippen LogP contribution in [0, 0.1) is 17.8 Å². The molecule has 1 amide bonds. The van der Waals surface area contributed by atoms with Crippen LogP contribution in [0.5, 0.6) is 0 Å². The van der Waals surface area contributed by atoms with Gasteiger partial charge in [-0.05, 0) is 50.4 Å². The average molecular weight is 256 g/mol. The minimum absolute atomic E-state index is 0.402. The third kappa shape index (κ3) is 2.09. The maximum Gasteiger partial charge on any atom is 0.226 e. The first-order chi connectivity index (χ1) is 8.33. The van der Waals surface area contributed by atoms with Crippen LogP contribution in [0.4, 0.5) is 0 Å². The lowest BCUT2D eigenvalue weighted by molar-refractivity contribution is -0.137. The fraction of sp³-hybridized carbons (Fsp3) is 0.929. The highest BCUT2D eigenvalue weighted by atomic mass is 35.5. The molecule has 1 heterocycles. The molecule has 1 aliphatic heterocycles. The molecule has 2 nitrogen and oxygen atoms in total. The van der Waals surface area contributed by atoms with Crippen LogP contribution in [-0.4, -0.2) is 29.3 Å². The number of fused-ring (bicyclic) bond motifs is 1. The van der Waals surface area contributed by atoms with Crippen LogP contribution in [0.15, 0.2) is 0 Å². The van der Waals surface area contributed by atoms with Crippen molar-refractivity contribution in [3.8, 4) is 0 Å². The van der Waals surface area contributed by atoms with E-state index in [1.54, 1.807) is 0 Å². The maximum atomic E-state index is 12.5. The van der Waals surface area contributed by atoms with Gasteiger partial charge in [-0.1, -0.05) is 6.42 Å². The normalized spacial score (nSPS) is 40.2. The predicted molar refractivity (Wildman–Crippen MR) is 69.0 cm³/mol. The Morgan fingerprint density at radius 1 is 1.12 bits per heavy atom. The molecule has 3 rings (SSSR count). The number of halogens is 1. The van der Waals surface area contributed by atoms with Gasteiger partial charge in [-0.3, -0.25) is 4.79 Å². The summed E-state index contributed by atoms with van der Waals surface area (Å²) in [7, 11) is 0. The largest absolute Gasteiger partial charge is 0.339 e. The summed E-state index contributed by atoms with van der Waals surface area (Å²) in [6.07, 6.45) is 8.56. The summed E-state index contributed by atoms with van der Waals surface area (Å²) < 4.78 is 0. The van der Waals surface area contributed by atoms with Crippen molar-refractivity contribution in [3.05, 3.63) is 0 Å². The van der Waals surface area contributed by atoms with E-state index in [1.807, 2.05) is 0 Å².